The number of nitrogens with zero attached hydrogens (tertiary/aromatic N) is 2. The highest BCUT2D eigenvalue weighted by atomic mass is 32.1. The van der Waals surface area contributed by atoms with Crippen molar-refractivity contribution in [3.05, 3.63) is 35.2 Å². The minimum absolute atomic E-state index is 0.0173. The van der Waals surface area contributed by atoms with Gasteiger partial charge in [-0.05, 0) is 24.4 Å². The third-order valence-electron chi connectivity index (χ3n) is 3.35. The summed E-state index contributed by atoms with van der Waals surface area (Å²) in [5.74, 6) is 0.290. The number of aliphatic hydroxyl groups excluding tert-OH is 3. The van der Waals surface area contributed by atoms with Crippen molar-refractivity contribution in [1.29, 1.82) is 0 Å². The molecule has 0 saturated carbocycles. The van der Waals surface area contributed by atoms with Crippen molar-refractivity contribution in [1.82, 2.24) is 9.78 Å². The lowest BCUT2D eigenvalue weighted by atomic mass is 10.1. The summed E-state index contributed by atoms with van der Waals surface area (Å²) in [5.41, 5.74) is 0.731. The summed E-state index contributed by atoms with van der Waals surface area (Å²) < 4.78 is 12.0. The van der Waals surface area contributed by atoms with E-state index in [9.17, 15) is 10.2 Å². The molecule has 7 nitrogen and oxygen atoms in total. The van der Waals surface area contributed by atoms with Gasteiger partial charge in [-0.25, -0.2) is 0 Å². The fourth-order valence-electron chi connectivity index (χ4n) is 2.23. The highest BCUT2D eigenvalue weighted by Gasteiger charge is 2.44. The van der Waals surface area contributed by atoms with E-state index in [-0.39, 0.29) is 4.84 Å². The van der Waals surface area contributed by atoms with Crippen molar-refractivity contribution in [2.75, 3.05) is 6.61 Å². The Balaban J connectivity index is 1.94. The molecular weight excluding hydrogens is 296 g/mol. The lowest BCUT2D eigenvalue weighted by Gasteiger charge is -2.13. The minimum Gasteiger partial charge on any atom is -0.409 e. The highest BCUT2D eigenvalue weighted by molar-refractivity contribution is 7.71. The molecule has 21 heavy (non-hydrogen) atoms. The number of ether oxygens (including phenoxy) is 1. The summed E-state index contributed by atoms with van der Waals surface area (Å²) >= 11 is 5.07. The lowest BCUT2D eigenvalue weighted by Crippen LogP contribution is -2.33. The third-order valence-corrected chi connectivity index (χ3v) is 3.62. The van der Waals surface area contributed by atoms with Crippen LogP contribution in [-0.2, 0) is 4.74 Å². The van der Waals surface area contributed by atoms with Crippen LogP contribution in [0.15, 0.2) is 34.7 Å². The van der Waals surface area contributed by atoms with E-state index in [2.05, 4.69) is 5.10 Å². The van der Waals surface area contributed by atoms with Crippen LogP contribution in [-0.4, -0.2) is 50.0 Å². The van der Waals surface area contributed by atoms with Gasteiger partial charge in [0.1, 0.15) is 18.3 Å². The Hall–Kier alpha value is -1.58. The van der Waals surface area contributed by atoms with E-state index in [0.717, 1.165) is 5.56 Å². The number of benzene rings is 1. The average molecular weight is 310 g/mol. The van der Waals surface area contributed by atoms with E-state index < -0.39 is 31.1 Å². The molecule has 1 aromatic carbocycles. The van der Waals surface area contributed by atoms with Crippen molar-refractivity contribution in [2.24, 2.45) is 0 Å². The standard InChI is InChI=1S/C13H14N2O5S/c16-6-8-9(17)10(18)12(19-8)15-13(21)20-11(14-15)7-4-2-1-3-5-7/h1-5,8-10,12,16-18H,6H2/t8-,9+,10+,12+/m0/s1. The summed E-state index contributed by atoms with van der Waals surface area (Å²) in [6.45, 7) is -0.411. The predicted octanol–water partition coefficient (Wildman–Crippen LogP) is 0.484. The lowest BCUT2D eigenvalue weighted by molar-refractivity contribution is -0.0602. The molecule has 1 aliphatic heterocycles. The first-order valence-corrected chi connectivity index (χ1v) is 6.80. The van der Waals surface area contributed by atoms with Crippen molar-refractivity contribution in [3.63, 3.8) is 0 Å². The Kier molecular flexibility index (Phi) is 3.87. The highest BCUT2D eigenvalue weighted by Crippen LogP contribution is 2.30. The van der Waals surface area contributed by atoms with Gasteiger partial charge in [0, 0.05) is 5.56 Å². The van der Waals surface area contributed by atoms with Gasteiger partial charge in [0.15, 0.2) is 6.23 Å². The maximum atomic E-state index is 9.98. The zero-order valence-electron chi connectivity index (χ0n) is 10.9. The van der Waals surface area contributed by atoms with Crippen LogP contribution >= 0.6 is 12.2 Å². The second-order valence-electron chi connectivity index (χ2n) is 4.71. The molecule has 3 N–H and O–H groups in total. The second-order valence-corrected chi connectivity index (χ2v) is 5.06. The fraction of sp³-hybridized carbons (Fsp3) is 0.385. The molecule has 2 heterocycles. The Morgan fingerprint density at radius 2 is 1.90 bits per heavy atom. The van der Waals surface area contributed by atoms with Gasteiger partial charge in [0.05, 0.1) is 6.61 Å². The molecule has 1 fully saturated rings. The summed E-state index contributed by atoms with van der Waals surface area (Å²) in [6, 6.07) is 9.14. The molecule has 0 spiro atoms. The van der Waals surface area contributed by atoms with Gasteiger partial charge in [0.25, 0.3) is 4.84 Å². The van der Waals surface area contributed by atoms with Crippen LogP contribution in [0, 0.1) is 4.84 Å². The maximum absolute atomic E-state index is 9.98. The molecule has 0 aliphatic carbocycles. The Morgan fingerprint density at radius 1 is 1.19 bits per heavy atom. The van der Waals surface area contributed by atoms with Crippen LogP contribution in [0.25, 0.3) is 11.5 Å². The van der Waals surface area contributed by atoms with E-state index >= 15 is 0 Å². The largest absolute Gasteiger partial charge is 0.409 e. The molecule has 4 atom stereocenters. The van der Waals surface area contributed by atoms with E-state index in [1.807, 2.05) is 30.3 Å². The summed E-state index contributed by atoms with van der Waals surface area (Å²) in [5, 5.41) is 33.0. The Bertz CT molecular complexity index is 671. The Morgan fingerprint density at radius 3 is 2.52 bits per heavy atom. The molecule has 1 aliphatic rings. The van der Waals surface area contributed by atoms with Crippen LogP contribution in [0.1, 0.15) is 6.23 Å². The topological polar surface area (TPSA) is 101 Å². The van der Waals surface area contributed by atoms with Gasteiger partial charge in [-0.2, -0.15) is 4.68 Å². The summed E-state index contributed by atoms with van der Waals surface area (Å²) in [7, 11) is 0. The molecular formula is C13H14N2O5S. The smallest absolute Gasteiger partial charge is 0.289 e. The van der Waals surface area contributed by atoms with Crippen LogP contribution in [0.2, 0.25) is 0 Å². The second kappa shape index (κ2) is 5.66. The number of aliphatic hydroxyl groups is 3. The molecule has 1 saturated heterocycles. The molecule has 0 bridgehead atoms. The summed E-state index contributed by atoms with van der Waals surface area (Å²) in [6.07, 6.45) is -4.34. The van der Waals surface area contributed by atoms with Gasteiger partial charge in [-0.15, -0.1) is 5.10 Å². The first kappa shape index (κ1) is 14.4. The molecule has 1 aromatic heterocycles. The van der Waals surface area contributed by atoms with Crippen LogP contribution in [0.5, 0.6) is 0 Å². The molecule has 8 heteroatoms. The monoisotopic (exact) mass is 310 g/mol. The van der Waals surface area contributed by atoms with E-state index in [4.69, 9.17) is 26.5 Å². The number of hydrogen-bond donors (Lipinski definition) is 3. The number of aromatic nitrogens is 2. The molecule has 2 aromatic rings. The first-order chi connectivity index (χ1) is 10.1. The van der Waals surface area contributed by atoms with Crippen molar-refractivity contribution in [2.45, 2.75) is 24.5 Å². The van der Waals surface area contributed by atoms with Crippen LogP contribution < -0.4 is 0 Å². The zero-order valence-corrected chi connectivity index (χ0v) is 11.7. The Labute approximate surface area is 125 Å². The van der Waals surface area contributed by atoms with Crippen LogP contribution in [0.3, 0.4) is 0 Å². The molecule has 0 amide bonds. The average Bonchev–Trinajstić information content (AvgIpc) is 3.02. The quantitative estimate of drug-likeness (QED) is 0.709. The molecule has 0 radical (unpaired) electrons. The summed E-state index contributed by atoms with van der Waals surface area (Å²) in [4.78, 5) is 0.0173. The van der Waals surface area contributed by atoms with E-state index in [0.29, 0.717) is 5.89 Å². The molecule has 3 rings (SSSR count). The van der Waals surface area contributed by atoms with Crippen LogP contribution in [0.4, 0.5) is 0 Å². The van der Waals surface area contributed by atoms with Crippen molar-refractivity contribution < 1.29 is 24.5 Å². The molecule has 0 unspecified atom stereocenters. The maximum Gasteiger partial charge on any atom is 0.289 e. The SMILES string of the molecule is OC[C@@H]1O[C@@H](n2nc(-c3ccccc3)oc2=S)[C@H](O)[C@@H]1O. The van der Waals surface area contributed by atoms with Gasteiger partial charge < -0.3 is 24.5 Å². The zero-order chi connectivity index (χ0) is 15.0. The molecule has 112 valence electrons. The number of rotatable bonds is 3. The third kappa shape index (κ3) is 2.52. The van der Waals surface area contributed by atoms with Gasteiger partial charge in [-0.3, -0.25) is 0 Å². The first-order valence-electron chi connectivity index (χ1n) is 6.39. The normalized spacial score (nSPS) is 28.9. The number of hydrogen-bond acceptors (Lipinski definition) is 7. The van der Waals surface area contributed by atoms with Gasteiger partial charge in [0.2, 0.25) is 5.89 Å². The van der Waals surface area contributed by atoms with Gasteiger partial charge >= 0.3 is 0 Å². The van der Waals surface area contributed by atoms with Crippen molar-refractivity contribution in [3.8, 4) is 11.5 Å². The predicted molar refractivity (Wildman–Crippen MR) is 73.8 cm³/mol. The van der Waals surface area contributed by atoms with Crippen molar-refractivity contribution >= 4 is 12.2 Å². The van der Waals surface area contributed by atoms with E-state index in [1.54, 1.807) is 0 Å². The fourth-order valence-corrected chi connectivity index (χ4v) is 2.45. The minimum atomic E-state index is -1.25. The van der Waals surface area contributed by atoms with Gasteiger partial charge in [-0.1, -0.05) is 18.2 Å². The van der Waals surface area contributed by atoms with E-state index in [1.165, 1.54) is 4.68 Å².